The van der Waals surface area contributed by atoms with Crippen molar-refractivity contribution in [1.29, 1.82) is 0 Å². The molecule has 1 aliphatic rings. The standard InChI is InChI=1S/C11H17BrF3NO/c1-7(8-4-5-8)16(6-11(13,14)15)9(17)10(2,3)12/h7-8H,4-6H2,1-3H3. The van der Waals surface area contributed by atoms with Gasteiger partial charge in [0.15, 0.2) is 0 Å². The van der Waals surface area contributed by atoms with Crippen molar-refractivity contribution in [3.05, 3.63) is 0 Å². The molecular weight excluding hydrogens is 299 g/mol. The van der Waals surface area contributed by atoms with Crippen LogP contribution in [0.3, 0.4) is 0 Å². The maximum atomic E-state index is 12.5. The lowest BCUT2D eigenvalue weighted by Crippen LogP contribution is -2.51. The SMILES string of the molecule is CC(C1CC1)N(CC(F)(F)F)C(=O)C(C)(C)Br. The van der Waals surface area contributed by atoms with E-state index in [0.717, 1.165) is 17.7 Å². The van der Waals surface area contributed by atoms with E-state index < -0.39 is 23.0 Å². The van der Waals surface area contributed by atoms with Gasteiger partial charge in [-0.2, -0.15) is 13.2 Å². The van der Waals surface area contributed by atoms with Gasteiger partial charge in [0.1, 0.15) is 6.54 Å². The summed E-state index contributed by atoms with van der Waals surface area (Å²) in [6.07, 6.45) is -2.53. The van der Waals surface area contributed by atoms with Gasteiger partial charge in [-0.3, -0.25) is 4.79 Å². The molecule has 1 amide bonds. The second-order valence-electron chi connectivity index (χ2n) is 5.10. The van der Waals surface area contributed by atoms with Crippen LogP contribution in [0, 0.1) is 5.92 Å². The predicted molar refractivity (Wildman–Crippen MR) is 63.0 cm³/mol. The average molecular weight is 316 g/mol. The van der Waals surface area contributed by atoms with Crippen LogP contribution in [0.1, 0.15) is 33.6 Å². The Kier molecular flexibility index (Phi) is 4.16. The second-order valence-corrected chi connectivity index (χ2v) is 7.08. The molecule has 6 heteroatoms. The molecule has 1 unspecified atom stereocenters. The molecule has 0 saturated heterocycles. The van der Waals surface area contributed by atoms with Crippen LogP contribution in [0.5, 0.6) is 0 Å². The van der Waals surface area contributed by atoms with Crippen molar-refractivity contribution in [2.75, 3.05) is 6.54 Å². The highest BCUT2D eigenvalue weighted by molar-refractivity contribution is 9.10. The lowest BCUT2D eigenvalue weighted by Gasteiger charge is -2.34. The third-order valence-corrected chi connectivity index (χ3v) is 3.25. The van der Waals surface area contributed by atoms with Crippen molar-refractivity contribution < 1.29 is 18.0 Å². The average Bonchev–Trinajstić information content (AvgIpc) is 2.91. The molecule has 1 saturated carbocycles. The summed E-state index contributed by atoms with van der Waals surface area (Å²) in [5.74, 6) is -0.287. The van der Waals surface area contributed by atoms with Crippen molar-refractivity contribution in [3.8, 4) is 0 Å². The number of nitrogens with zero attached hydrogens (tertiary/aromatic N) is 1. The first kappa shape index (κ1) is 14.8. The molecule has 0 heterocycles. The molecule has 0 aromatic carbocycles. The number of hydrogen-bond donors (Lipinski definition) is 0. The Morgan fingerprint density at radius 1 is 1.41 bits per heavy atom. The van der Waals surface area contributed by atoms with E-state index in [1.54, 1.807) is 20.8 Å². The molecular formula is C11H17BrF3NO. The van der Waals surface area contributed by atoms with Crippen LogP contribution >= 0.6 is 15.9 Å². The van der Waals surface area contributed by atoms with E-state index in [4.69, 9.17) is 0 Å². The van der Waals surface area contributed by atoms with Gasteiger partial charge in [0, 0.05) is 6.04 Å². The van der Waals surface area contributed by atoms with Gasteiger partial charge in [0.25, 0.3) is 0 Å². The molecule has 0 radical (unpaired) electrons. The molecule has 17 heavy (non-hydrogen) atoms. The highest BCUT2D eigenvalue weighted by atomic mass is 79.9. The van der Waals surface area contributed by atoms with Crippen molar-refractivity contribution in [2.45, 2.75) is 50.2 Å². The smallest absolute Gasteiger partial charge is 0.329 e. The minimum atomic E-state index is -4.35. The molecule has 0 aliphatic heterocycles. The zero-order valence-electron chi connectivity index (χ0n) is 10.1. The van der Waals surface area contributed by atoms with E-state index in [0.29, 0.717) is 0 Å². The Balaban J connectivity index is 2.81. The summed E-state index contributed by atoms with van der Waals surface area (Å²) < 4.78 is 36.5. The Bertz CT molecular complexity index is 294. The summed E-state index contributed by atoms with van der Waals surface area (Å²) in [5.41, 5.74) is 0. The lowest BCUT2D eigenvalue weighted by atomic mass is 10.1. The van der Waals surface area contributed by atoms with Crippen LogP contribution in [0.25, 0.3) is 0 Å². The van der Waals surface area contributed by atoms with Gasteiger partial charge in [-0.15, -0.1) is 0 Å². The molecule has 0 aromatic rings. The minimum Gasteiger partial charge on any atom is -0.329 e. The third kappa shape index (κ3) is 4.48. The predicted octanol–water partition coefficient (Wildman–Crippen LogP) is 3.35. The fourth-order valence-corrected chi connectivity index (χ4v) is 2.00. The number of alkyl halides is 4. The Morgan fingerprint density at radius 2 is 1.88 bits per heavy atom. The lowest BCUT2D eigenvalue weighted by molar-refractivity contribution is -0.166. The molecule has 100 valence electrons. The van der Waals surface area contributed by atoms with Gasteiger partial charge in [-0.05, 0) is 39.5 Å². The zero-order valence-corrected chi connectivity index (χ0v) is 11.7. The topological polar surface area (TPSA) is 20.3 Å². The molecule has 1 rings (SSSR count). The summed E-state index contributed by atoms with van der Waals surface area (Å²) in [4.78, 5) is 12.9. The Hall–Kier alpha value is -0.260. The summed E-state index contributed by atoms with van der Waals surface area (Å²) in [6.45, 7) is 3.66. The maximum absolute atomic E-state index is 12.5. The molecule has 1 fully saturated rings. The fraction of sp³-hybridized carbons (Fsp3) is 0.909. The van der Waals surface area contributed by atoms with E-state index in [9.17, 15) is 18.0 Å². The van der Waals surface area contributed by atoms with E-state index in [1.807, 2.05) is 0 Å². The van der Waals surface area contributed by atoms with Crippen LogP contribution in [0.4, 0.5) is 13.2 Å². The Labute approximate surface area is 108 Å². The van der Waals surface area contributed by atoms with Gasteiger partial charge >= 0.3 is 6.18 Å². The van der Waals surface area contributed by atoms with Gasteiger partial charge in [-0.25, -0.2) is 0 Å². The van der Waals surface area contributed by atoms with E-state index in [-0.39, 0.29) is 12.0 Å². The largest absolute Gasteiger partial charge is 0.406 e. The summed E-state index contributed by atoms with van der Waals surface area (Å²) in [5, 5.41) is 0. The van der Waals surface area contributed by atoms with Crippen molar-refractivity contribution >= 4 is 21.8 Å². The van der Waals surface area contributed by atoms with Gasteiger partial charge in [-0.1, -0.05) is 15.9 Å². The highest BCUT2D eigenvalue weighted by Gasteiger charge is 2.43. The van der Waals surface area contributed by atoms with Crippen LogP contribution < -0.4 is 0 Å². The van der Waals surface area contributed by atoms with Crippen LogP contribution in [-0.2, 0) is 4.79 Å². The number of amides is 1. The first-order valence-corrected chi connectivity index (χ1v) is 6.38. The molecule has 0 N–H and O–H groups in total. The molecule has 0 aromatic heterocycles. The number of carbonyl (C=O) groups is 1. The zero-order chi connectivity index (χ0) is 13.4. The molecule has 0 spiro atoms. The molecule has 0 bridgehead atoms. The number of carbonyl (C=O) groups excluding carboxylic acids is 1. The monoisotopic (exact) mass is 315 g/mol. The molecule has 2 nitrogen and oxygen atoms in total. The van der Waals surface area contributed by atoms with E-state index >= 15 is 0 Å². The first-order valence-electron chi connectivity index (χ1n) is 5.59. The quantitative estimate of drug-likeness (QED) is 0.729. The van der Waals surface area contributed by atoms with E-state index in [1.165, 1.54) is 0 Å². The minimum absolute atomic E-state index is 0.219. The summed E-state index contributed by atoms with van der Waals surface area (Å²) in [7, 11) is 0. The molecule has 1 aliphatic carbocycles. The third-order valence-electron chi connectivity index (χ3n) is 2.91. The van der Waals surface area contributed by atoms with Crippen LogP contribution in [-0.4, -0.2) is 33.9 Å². The van der Waals surface area contributed by atoms with Crippen molar-refractivity contribution in [1.82, 2.24) is 4.90 Å². The van der Waals surface area contributed by atoms with Crippen molar-refractivity contribution in [2.24, 2.45) is 5.92 Å². The maximum Gasteiger partial charge on any atom is 0.406 e. The van der Waals surface area contributed by atoms with Gasteiger partial charge in [0.05, 0.1) is 4.32 Å². The normalized spacial score (nSPS) is 19.0. The van der Waals surface area contributed by atoms with Crippen LogP contribution in [0.15, 0.2) is 0 Å². The molecule has 1 atom stereocenters. The second kappa shape index (κ2) is 4.78. The van der Waals surface area contributed by atoms with E-state index in [2.05, 4.69) is 15.9 Å². The number of hydrogen-bond acceptors (Lipinski definition) is 1. The van der Waals surface area contributed by atoms with Crippen LogP contribution in [0.2, 0.25) is 0 Å². The highest BCUT2D eigenvalue weighted by Crippen LogP contribution is 2.37. The Morgan fingerprint density at radius 3 is 2.18 bits per heavy atom. The van der Waals surface area contributed by atoms with Crippen molar-refractivity contribution in [3.63, 3.8) is 0 Å². The van der Waals surface area contributed by atoms with Gasteiger partial charge in [0.2, 0.25) is 5.91 Å². The summed E-state index contributed by atoms with van der Waals surface area (Å²) in [6, 6.07) is -0.346. The van der Waals surface area contributed by atoms with Gasteiger partial charge < -0.3 is 4.90 Å². The number of halogens is 4. The summed E-state index contributed by atoms with van der Waals surface area (Å²) >= 11 is 3.13. The number of rotatable bonds is 4. The fourth-order valence-electron chi connectivity index (χ4n) is 1.77. The first-order chi connectivity index (χ1) is 7.52.